The summed E-state index contributed by atoms with van der Waals surface area (Å²) in [4.78, 5) is 14.2. The van der Waals surface area contributed by atoms with Gasteiger partial charge in [-0.25, -0.2) is 0 Å². The third-order valence-electron chi connectivity index (χ3n) is 3.76. The summed E-state index contributed by atoms with van der Waals surface area (Å²) in [6.07, 6.45) is 3.17. The first-order chi connectivity index (χ1) is 9.65. The van der Waals surface area contributed by atoms with Crippen molar-refractivity contribution in [2.75, 3.05) is 20.7 Å². The summed E-state index contributed by atoms with van der Waals surface area (Å²) in [7, 11) is 3.30. The predicted octanol–water partition coefficient (Wildman–Crippen LogP) is 2.45. The minimum atomic E-state index is -0.0328. The second-order valence-corrected chi connectivity index (χ2v) is 5.47. The van der Waals surface area contributed by atoms with E-state index in [1.165, 1.54) is 0 Å². The normalized spacial score (nSPS) is 19.6. The fourth-order valence-electron chi connectivity index (χ4n) is 2.69. The van der Waals surface area contributed by atoms with Crippen LogP contribution in [-0.2, 0) is 11.3 Å². The number of rotatable bonds is 4. The van der Waals surface area contributed by atoms with Crippen LogP contribution in [0.2, 0.25) is 5.02 Å². The number of piperidine rings is 1. The Morgan fingerprint density at radius 3 is 2.95 bits per heavy atom. The first kappa shape index (κ1) is 15.1. The highest BCUT2D eigenvalue weighted by Crippen LogP contribution is 2.27. The molecule has 1 fully saturated rings. The molecular weight excluding hydrogens is 276 g/mol. The molecule has 5 heteroatoms. The van der Waals surface area contributed by atoms with Crippen molar-refractivity contribution in [3.05, 3.63) is 28.8 Å². The van der Waals surface area contributed by atoms with Crippen LogP contribution in [0, 0.1) is 0 Å². The van der Waals surface area contributed by atoms with Crippen molar-refractivity contribution >= 4 is 17.5 Å². The van der Waals surface area contributed by atoms with Gasteiger partial charge in [0.25, 0.3) is 0 Å². The lowest BCUT2D eigenvalue weighted by Gasteiger charge is -2.34. The molecule has 1 atom stereocenters. The topological polar surface area (TPSA) is 41.6 Å². The number of carbonyl (C=O) groups is 1. The van der Waals surface area contributed by atoms with Crippen molar-refractivity contribution < 1.29 is 9.53 Å². The molecule has 0 saturated carbocycles. The van der Waals surface area contributed by atoms with E-state index in [-0.39, 0.29) is 11.9 Å². The number of carbonyl (C=O) groups excluding carboxylic acids is 1. The number of benzene rings is 1. The Morgan fingerprint density at radius 2 is 2.30 bits per heavy atom. The van der Waals surface area contributed by atoms with Gasteiger partial charge in [-0.15, -0.1) is 0 Å². The monoisotopic (exact) mass is 296 g/mol. The van der Waals surface area contributed by atoms with Crippen LogP contribution < -0.4 is 10.1 Å². The Kier molecular flexibility index (Phi) is 5.26. The summed E-state index contributed by atoms with van der Waals surface area (Å²) >= 11 is 6.15. The van der Waals surface area contributed by atoms with Gasteiger partial charge in [0.05, 0.1) is 18.2 Å². The van der Waals surface area contributed by atoms with Crippen LogP contribution in [-0.4, -0.2) is 37.6 Å². The Labute approximate surface area is 125 Å². The van der Waals surface area contributed by atoms with Crippen LogP contribution in [0.5, 0.6) is 5.75 Å². The molecule has 2 rings (SSSR count). The van der Waals surface area contributed by atoms with E-state index in [0.717, 1.165) is 37.9 Å². The summed E-state index contributed by atoms with van der Waals surface area (Å²) in [6, 6.07) is 5.75. The first-order valence-electron chi connectivity index (χ1n) is 6.93. The van der Waals surface area contributed by atoms with Gasteiger partial charge in [-0.05, 0) is 37.1 Å². The van der Waals surface area contributed by atoms with E-state index in [2.05, 4.69) is 10.2 Å². The molecule has 1 N–H and O–H groups in total. The Morgan fingerprint density at radius 1 is 1.50 bits per heavy atom. The maximum atomic E-state index is 11.9. The van der Waals surface area contributed by atoms with Gasteiger partial charge in [0.15, 0.2) is 0 Å². The number of hydrogen-bond donors (Lipinski definition) is 1. The second-order valence-electron chi connectivity index (χ2n) is 5.07. The smallest absolute Gasteiger partial charge is 0.237 e. The molecule has 1 aliphatic heterocycles. The van der Waals surface area contributed by atoms with Crippen LogP contribution in [0.15, 0.2) is 18.2 Å². The van der Waals surface area contributed by atoms with E-state index in [9.17, 15) is 4.79 Å². The maximum absolute atomic E-state index is 11.9. The van der Waals surface area contributed by atoms with Crippen molar-refractivity contribution in [3.63, 3.8) is 0 Å². The molecule has 0 spiro atoms. The van der Waals surface area contributed by atoms with Crippen LogP contribution in [0.25, 0.3) is 0 Å². The number of nitrogens with one attached hydrogen (secondary N) is 1. The number of hydrogen-bond acceptors (Lipinski definition) is 3. The first-order valence-corrected chi connectivity index (χ1v) is 7.31. The number of likely N-dealkylation sites (N-methyl/N-ethyl adjacent to an activating group) is 1. The average molecular weight is 297 g/mol. The Hall–Kier alpha value is -1.26. The number of halogens is 1. The molecular formula is C15H21ClN2O2. The van der Waals surface area contributed by atoms with Gasteiger partial charge in [0.2, 0.25) is 5.91 Å². The largest absolute Gasteiger partial charge is 0.495 e. The molecule has 1 heterocycles. The van der Waals surface area contributed by atoms with Gasteiger partial charge in [0.1, 0.15) is 5.75 Å². The molecule has 1 aromatic carbocycles. The molecule has 110 valence electrons. The quantitative estimate of drug-likeness (QED) is 0.928. The lowest BCUT2D eigenvalue weighted by atomic mass is 10.0. The van der Waals surface area contributed by atoms with E-state index in [1.807, 2.05) is 18.2 Å². The predicted molar refractivity (Wildman–Crippen MR) is 80.1 cm³/mol. The van der Waals surface area contributed by atoms with Crippen molar-refractivity contribution in [3.8, 4) is 5.75 Å². The van der Waals surface area contributed by atoms with E-state index in [1.54, 1.807) is 14.2 Å². The number of ether oxygens (including phenoxy) is 1. The Bertz CT molecular complexity index is 479. The SMILES string of the molecule is CNC(=O)C1CCCCN1Cc1ccc(OC)c(Cl)c1. The lowest BCUT2D eigenvalue weighted by Crippen LogP contribution is -2.48. The van der Waals surface area contributed by atoms with Gasteiger partial charge in [-0.3, -0.25) is 9.69 Å². The fraction of sp³-hybridized carbons (Fsp3) is 0.533. The summed E-state index contributed by atoms with van der Waals surface area (Å²) in [5.74, 6) is 0.779. The molecule has 1 saturated heterocycles. The molecule has 20 heavy (non-hydrogen) atoms. The second kappa shape index (κ2) is 6.95. The number of likely N-dealkylation sites (tertiary alicyclic amines) is 1. The standard InChI is InChI=1S/C15H21ClN2O2/c1-17-15(19)13-5-3-4-8-18(13)10-11-6-7-14(20-2)12(16)9-11/h6-7,9,13H,3-5,8,10H2,1-2H3,(H,17,19). The molecule has 1 aliphatic rings. The average Bonchev–Trinajstić information content (AvgIpc) is 2.47. The third kappa shape index (κ3) is 3.44. The molecule has 0 aliphatic carbocycles. The maximum Gasteiger partial charge on any atom is 0.237 e. The lowest BCUT2D eigenvalue weighted by molar-refractivity contribution is -0.127. The molecule has 0 radical (unpaired) electrons. The number of nitrogens with zero attached hydrogens (tertiary/aromatic N) is 1. The zero-order valence-electron chi connectivity index (χ0n) is 12.0. The van der Waals surface area contributed by atoms with Crippen molar-refractivity contribution in [2.24, 2.45) is 0 Å². The van der Waals surface area contributed by atoms with E-state index in [0.29, 0.717) is 10.8 Å². The van der Waals surface area contributed by atoms with E-state index in [4.69, 9.17) is 16.3 Å². The number of amides is 1. The van der Waals surface area contributed by atoms with Gasteiger partial charge in [0, 0.05) is 13.6 Å². The van der Waals surface area contributed by atoms with E-state index >= 15 is 0 Å². The van der Waals surface area contributed by atoms with Crippen molar-refractivity contribution in [2.45, 2.75) is 31.8 Å². The fourth-order valence-corrected chi connectivity index (χ4v) is 2.97. The van der Waals surface area contributed by atoms with Crippen LogP contribution in [0.3, 0.4) is 0 Å². The minimum absolute atomic E-state index is 0.0328. The molecule has 0 aromatic heterocycles. The third-order valence-corrected chi connectivity index (χ3v) is 4.06. The summed E-state index contributed by atoms with van der Waals surface area (Å²) in [5.41, 5.74) is 1.10. The molecule has 1 unspecified atom stereocenters. The number of methoxy groups -OCH3 is 1. The highest BCUT2D eigenvalue weighted by molar-refractivity contribution is 6.32. The summed E-state index contributed by atoms with van der Waals surface area (Å²) in [5, 5.41) is 3.36. The zero-order chi connectivity index (χ0) is 14.5. The van der Waals surface area contributed by atoms with Crippen LogP contribution >= 0.6 is 11.6 Å². The zero-order valence-corrected chi connectivity index (χ0v) is 12.7. The van der Waals surface area contributed by atoms with Gasteiger partial charge >= 0.3 is 0 Å². The van der Waals surface area contributed by atoms with Crippen molar-refractivity contribution in [1.29, 1.82) is 0 Å². The Balaban J connectivity index is 2.10. The molecule has 4 nitrogen and oxygen atoms in total. The van der Waals surface area contributed by atoms with Gasteiger partial charge in [-0.1, -0.05) is 24.1 Å². The highest BCUT2D eigenvalue weighted by Gasteiger charge is 2.27. The summed E-state index contributed by atoms with van der Waals surface area (Å²) < 4.78 is 5.16. The van der Waals surface area contributed by atoms with Gasteiger partial charge < -0.3 is 10.1 Å². The minimum Gasteiger partial charge on any atom is -0.495 e. The molecule has 0 bridgehead atoms. The van der Waals surface area contributed by atoms with Crippen molar-refractivity contribution in [1.82, 2.24) is 10.2 Å². The highest BCUT2D eigenvalue weighted by atomic mass is 35.5. The molecule has 1 amide bonds. The van der Waals surface area contributed by atoms with Crippen LogP contribution in [0.1, 0.15) is 24.8 Å². The molecule has 1 aromatic rings. The van der Waals surface area contributed by atoms with Gasteiger partial charge in [-0.2, -0.15) is 0 Å². The summed E-state index contributed by atoms with van der Waals surface area (Å²) in [6.45, 7) is 1.68. The van der Waals surface area contributed by atoms with Crippen LogP contribution in [0.4, 0.5) is 0 Å². The van der Waals surface area contributed by atoms with E-state index < -0.39 is 0 Å².